The molecule has 0 aliphatic rings. The maximum atomic E-state index is 12.2. The highest BCUT2D eigenvalue weighted by Gasteiger charge is 2.12. The summed E-state index contributed by atoms with van der Waals surface area (Å²) in [6, 6.07) is 6.60. The van der Waals surface area contributed by atoms with Crippen molar-refractivity contribution in [1.29, 1.82) is 0 Å². The summed E-state index contributed by atoms with van der Waals surface area (Å²) in [7, 11) is 0. The van der Waals surface area contributed by atoms with Gasteiger partial charge in [0.1, 0.15) is 6.61 Å². The lowest BCUT2D eigenvalue weighted by atomic mass is 10.2. The Morgan fingerprint density at radius 2 is 1.95 bits per heavy atom. The molecule has 0 saturated carbocycles. The van der Waals surface area contributed by atoms with Crippen LogP contribution < -0.4 is 5.32 Å². The third kappa shape index (κ3) is 4.23. The molecule has 3 nitrogen and oxygen atoms in total. The van der Waals surface area contributed by atoms with Crippen LogP contribution >= 0.6 is 34.5 Å². The fourth-order valence-corrected chi connectivity index (χ4v) is 3.13. The number of halogens is 2. The Morgan fingerprint density at radius 3 is 2.57 bits per heavy atom. The summed E-state index contributed by atoms with van der Waals surface area (Å²) in [6.45, 7) is 1.66. The lowest BCUT2D eigenvalue weighted by Gasteiger charge is -2.04. The molecule has 1 heterocycles. The van der Waals surface area contributed by atoms with Crippen molar-refractivity contribution < 1.29 is 9.90 Å². The second-order valence-corrected chi connectivity index (χ2v) is 6.12. The number of aliphatic hydroxyl groups excluding tert-OH is 1. The molecule has 0 bridgehead atoms. The van der Waals surface area contributed by atoms with E-state index in [1.54, 1.807) is 24.3 Å². The van der Waals surface area contributed by atoms with E-state index in [4.69, 9.17) is 28.3 Å². The number of hydrogen-bond acceptors (Lipinski definition) is 3. The highest BCUT2D eigenvalue weighted by Crippen LogP contribution is 2.25. The van der Waals surface area contributed by atoms with Gasteiger partial charge in [-0.2, -0.15) is 0 Å². The predicted octanol–water partition coefficient (Wildman–Crippen LogP) is 3.96. The van der Waals surface area contributed by atoms with Crippen LogP contribution in [0.15, 0.2) is 24.3 Å². The van der Waals surface area contributed by atoms with Crippen LogP contribution in [-0.4, -0.2) is 17.6 Å². The van der Waals surface area contributed by atoms with Gasteiger partial charge in [-0.1, -0.05) is 35.0 Å². The summed E-state index contributed by atoms with van der Waals surface area (Å²) in [5.41, 5.74) is 1.43. The number of anilines is 1. The minimum atomic E-state index is -0.251. The van der Waals surface area contributed by atoms with Crippen molar-refractivity contribution in [1.82, 2.24) is 0 Å². The average Bonchev–Trinajstić information content (AvgIpc) is 2.76. The van der Waals surface area contributed by atoms with Crippen LogP contribution in [0.1, 0.15) is 20.1 Å². The van der Waals surface area contributed by atoms with Crippen molar-refractivity contribution >= 4 is 46.1 Å². The second kappa shape index (κ2) is 6.97. The Hall–Kier alpha value is -1.51. The zero-order chi connectivity index (χ0) is 15.4. The summed E-state index contributed by atoms with van der Waals surface area (Å²) < 4.78 is 0. The van der Waals surface area contributed by atoms with Gasteiger partial charge in [0, 0.05) is 15.7 Å². The molecule has 0 unspecified atom stereocenters. The lowest BCUT2D eigenvalue weighted by Crippen LogP contribution is -2.10. The van der Waals surface area contributed by atoms with Gasteiger partial charge in [0.15, 0.2) is 0 Å². The van der Waals surface area contributed by atoms with E-state index in [0.29, 0.717) is 20.6 Å². The van der Waals surface area contributed by atoms with Crippen molar-refractivity contribution in [2.75, 3.05) is 11.9 Å². The van der Waals surface area contributed by atoms with Gasteiger partial charge in [0.05, 0.1) is 9.75 Å². The first-order chi connectivity index (χ1) is 9.99. The van der Waals surface area contributed by atoms with Gasteiger partial charge in [-0.25, -0.2) is 0 Å². The average molecular weight is 340 g/mol. The quantitative estimate of drug-likeness (QED) is 0.813. The van der Waals surface area contributed by atoms with Crippen LogP contribution in [0.2, 0.25) is 10.0 Å². The molecule has 0 fully saturated rings. The van der Waals surface area contributed by atoms with E-state index in [2.05, 4.69) is 17.2 Å². The van der Waals surface area contributed by atoms with Gasteiger partial charge in [-0.05, 0) is 36.8 Å². The van der Waals surface area contributed by atoms with Gasteiger partial charge in [-0.3, -0.25) is 4.79 Å². The Bertz CT molecular complexity index is 724. The highest BCUT2D eigenvalue weighted by atomic mass is 35.5. The summed E-state index contributed by atoms with van der Waals surface area (Å²) in [5.74, 6) is 5.14. The molecule has 108 valence electrons. The van der Waals surface area contributed by atoms with Gasteiger partial charge in [0.25, 0.3) is 5.91 Å². The molecular weight excluding hydrogens is 329 g/mol. The number of nitrogens with one attached hydrogen (secondary N) is 1. The molecule has 0 saturated heterocycles. The largest absolute Gasteiger partial charge is 0.384 e. The van der Waals surface area contributed by atoms with E-state index in [-0.39, 0.29) is 12.5 Å². The zero-order valence-corrected chi connectivity index (χ0v) is 13.4. The molecule has 2 rings (SSSR count). The minimum absolute atomic E-state index is 0.208. The first kappa shape index (κ1) is 15.9. The summed E-state index contributed by atoms with van der Waals surface area (Å²) in [4.78, 5) is 13.5. The van der Waals surface area contributed by atoms with Crippen LogP contribution in [-0.2, 0) is 0 Å². The Morgan fingerprint density at radius 1 is 1.29 bits per heavy atom. The molecule has 0 aliphatic carbocycles. The number of amides is 1. The monoisotopic (exact) mass is 339 g/mol. The first-order valence-electron chi connectivity index (χ1n) is 5.97. The fourth-order valence-electron chi connectivity index (χ4n) is 1.66. The van der Waals surface area contributed by atoms with Gasteiger partial charge in [0.2, 0.25) is 0 Å². The second-order valence-electron chi connectivity index (χ2n) is 4.19. The van der Waals surface area contributed by atoms with Crippen LogP contribution in [0.5, 0.6) is 0 Å². The molecule has 0 spiro atoms. The van der Waals surface area contributed by atoms with Crippen molar-refractivity contribution in [2.45, 2.75) is 6.92 Å². The molecule has 0 atom stereocenters. The van der Waals surface area contributed by atoms with E-state index in [1.165, 1.54) is 11.3 Å². The molecule has 0 radical (unpaired) electrons. The molecule has 0 aliphatic heterocycles. The topological polar surface area (TPSA) is 49.3 Å². The number of aliphatic hydroxyl groups is 1. The maximum Gasteiger partial charge on any atom is 0.265 e. The van der Waals surface area contributed by atoms with E-state index in [9.17, 15) is 4.79 Å². The van der Waals surface area contributed by atoms with Gasteiger partial charge < -0.3 is 10.4 Å². The number of carbonyl (C=O) groups excluding carboxylic acids is 1. The number of thiophene rings is 1. The summed E-state index contributed by atoms with van der Waals surface area (Å²) >= 11 is 13.1. The molecule has 2 aromatic rings. The minimum Gasteiger partial charge on any atom is -0.384 e. The van der Waals surface area contributed by atoms with Crippen LogP contribution in [0.25, 0.3) is 0 Å². The number of benzene rings is 1. The highest BCUT2D eigenvalue weighted by molar-refractivity contribution is 7.14. The molecule has 1 aromatic carbocycles. The van der Waals surface area contributed by atoms with E-state index >= 15 is 0 Å². The van der Waals surface area contributed by atoms with E-state index < -0.39 is 0 Å². The molecule has 6 heteroatoms. The Kier molecular flexibility index (Phi) is 5.27. The van der Waals surface area contributed by atoms with Gasteiger partial charge in [-0.15, -0.1) is 11.3 Å². The zero-order valence-electron chi connectivity index (χ0n) is 11.0. The molecular formula is C15H11Cl2NO2S. The Balaban J connectivity index is 2.20. The third-order valence-corrected chi connectivity index (χ3v) is 4.13. The lowest BCUT2D eigenvalue weighted by molar-refractivity contribution is 0.103. The molecule has 21 heavy (non-hydrogen) atoms. The van der Waals surface area contributed by atoms with E-state index in [1.807, 2.05) is 6.92 Å². The maximum absolute atomic E-state index is 12.2. The van der Waals surface area contributed by atoms with Crippen LogP contribution in [0.3, 0.4) is 0 Å². The standard InChI is InChI=1S/C15H11Cl2NO2S/c1-9-5-14(21-13(9)3-2-4-19)15(20)18-12-7-10(16)6-11(17)8-12/h5-8,19H,4H2,1H3,(H,18,20). The fraction of sp³-hybridized carbons (Fsp3) is 0.133. The SMILES string of the molecule is Cc1cc(C(=O)Nc2cc(Cl)cc(Cl)c2)sc1C#CCO. The normalized spacial score (nSPS) is 9.90. The number of carbonyl (C=O) groups is 1. The first-order valence-corrected chi connectivity index (χ1v) is 7.54. The number of aryl methyl sites for hydroxylation is 1. The predicted molar refractivity (Wildman–Crippen MR) is 87.4 cm³/mol. The van der Waals surface area contributed by atoms with Crippen molar-refractivity contribution in [3.8, 4) is 11.8 Å². The van der Waals surface area contributed by atoms with E-state index in [0.717, 1.165) is 10.4 Å². The summed E-state index contributed by atoms with van der Waals surface area (Å²) in [6.07, 6.45) is 0. The Labute approximate surface area is 136 Å². The molecule has 1 amide bonds. The number of hydrogen-bond donors (Lipinski definition) is 2. The van der Waals surface area contributed by atoms with Crippen molar-refractivity contribution in [3.63, 3.8) is 0 Å². The van der Waals surface area contributed by atoms with Crippen LogP contribution in [0, 0.1) is 18.8 Å². The van der Waals surface area contributed by atoms with Gasteiger partial charge >= 0.3 is 0 Å². The molecule has 1 aromatic heterocycles. The third-order valence-electron chi connectivity index (χ3n) is 2.54. The smallest absolute Gasteiger partial charge is 0.265 e. The molecule has 2 N–H and O–H groups in total. The van der Waals surface area contributed by atoms with Crippen LogP contribution in [0.4, 0.5) is 5.69 Å². The van der Waals surface area contributed by atoms with Crippen molar-refractivity contribution in [2.24, 2.45) is 0 Å². The van der Waals surface area contributed by atoms with Crippen molar-refractivity contribution in [3.05, 3.63) is 49.6 Å². The summed E-state index contributed by atoms with van der Waals surface area (Å²) in [5, 5.41) is 12.4. The number of rotatable bonds is 2.